The van der Waals surface area contributed by atoms with Crippen molar-refractivity contribution < 1.29 is 13.2 Å². The number of sulfonamides is 1. The number of carbonyl (C=O) groups excluding carboxylic acids is 1. The smallest absolute Gasteiger partial charge is 0.240 e. The molecule has 0 aliphatic carbocycles. The van der Waals surface area contributed by atoms with Crippen molar-refractivity contribution in [3.8, 4) is 5.69 Å². The van der Waals surface area contributed by atoms with Crippen LogP contribution in [0.25, 0.3) is 5.69 Å². The first kappa shape index (κ1) is 19.3. The molecule has 2 aromatic carbocycles. The first-order valence-electron chi connectivity index (χ1n) is 7.96. The molecule has 3 aromatic rings. The minimum Gasteiger partial charge on any atom is -0.326 e. The number of aryl methyl sites for hydroxylation is 1. The zero-order valence-corrected chi connectivity index (χ0v) is 16.8. The number of hydrogen-bond donors (Lipinski definition) is 2. The number of nitrogens with zero attached hydrogens (tertiary/aromatic N) is 2. The van der Waals surface area contributed by atoms with Gasteiger partial charge in [0.25, 0.3) is 0 Å². The lowest BCUT2D eigenvalue weighted by Gasteiger charge is -2.12. The quantitative estimate of drug-likeness (QED) is 0.625. The molecule has 7 nitrogen and oxygen atoms in total. The zero-order valence-electron chi connectivity index (χ0n) is 14.4. The Bertz CT molecular complexity index is 1110. The largest absolute Gasteiger partial charge is 0.326 e. The van der Waals surface area contributed by atoms with E-state index in [0.717, 1.165) is 11.1 Å². The molecule has 0 atom stereocenters. The monoisotopic (exact) mass is 448 g/mol. The number of carbonyl (C=O) groups is 1. The SMILES string of the molecule is Cc1ccccc1CC(=O)Nc1ccc(-n2cc(Br)cn2)c(S(N)(=O)=O)c1. The van der Waals surface area contributed by atoms with Crippen molar-refractivity contribution in [2.75, 3.05) is 5.32 Å². The summed E-state index contributed by atoms with van der Waals surface area (Å²) in [6, 6.07) is 12.1. The summed E-state index contributed by atoms with van der Waals surface area (Å²) in [6.45, 7) is 1.93. The summed E-state index contributed by atoms with van der Waals surface area (Å²) < 4.78 is 26.1. The first-order valence-corrected chi connectivity index (χ1v) is 10.3. The average molecular weight is 449 g/mol. The molecule has 1 amide bonds. The van der Waals surface area contributed by atoms with Gasteiger partial charge in [0.15, 0.2) is 0 Å². The molecule has 0 spiro atoms. The Morgan fingerprint density at radius 2 is 2.00 bits per heavy atom. The molecule has 1 heterocycles. The van der Waals surface area contributed by atoms with Gasteiger partial charge in [0.1, 0.15) is 4.90 Å². The van der Waals surface area contributed by atoms with Crippen LogP contribution in [0.15, 0.2) is 64.2 Å². The van der Waals surface area contributed by atoms with E-state index in [4.69, 9.17) is 5.14 Å². The van der Waals surface area contributed by atoms with Gasteiger partial charge in [-0.1, -0.05) is 24.3 Å². The van der Waals surface area contributed by atoms with E-state index in [1.54, 1.807) is 18.3 Å². The Morgan fingerprint density at radius 3 is 2.63 bits per heavy atom. The van der Waals surface area contributed by atoms with Crippen LogP contribution in [0.3, 0.4) is 0 Å². The number of nitrogens with two attached hydrogens (primary N) is 1. The van der Waals surface area contributed by atoms with Gasteiger partial charge in [-0.3, -0.25) is 4.79 Å². The summed E-state index contributed by atoms with van der Waals surface area (Å²) in [5.41, 5.74) is 2.55. The van der Waals surface area contributed by atoms with Crippen LogP contribution in [0.4, 0.5) is 5.69 Å². The lowest BCUT2D eigenvalue weighted by molar-refractivity contribution is -0.115. The second-order valence-corrected chi connectivity index (χ2v) is 8.43. The number of aromatic nitrogens is 2. The van der Waals surface area contributed by atoms with Crippen molar-refractivity contribution in [2.24, 2.45) is 5.14 Å². The molecule has 3 rings (SSSR count). The van der Waals surface area contributed by atoms with E-state index in [1.807, 2.05) is 31.2 Å². The third-order valence-corrected chi connectivity index (χ3v) is 5.31. The number of nitrogens with one attached hydrogen (secondary N) is 1. The van der Waals surface area contributed by atoms with Crippen molar-refractivity contribution in [3.63, 3.8) is 0 Å². The van der Waals surface area contributed by atoms with Crippen LogP contribution in [0, 0.1) is 6.92 Å². The second-order valence-electron chi connectivity index (χ2n) is 5.98. The van der Waals surface area contributed by atoms with Crippen LogP contribution < -0.4 is 10.5 Å². The van der Waals surface area contributed by atoms with Gasteiger partial charge in [-0.05, 0) is 52.2 Å². The second kappa shape index (κ2) is 7.63. The third kappa shape index (κ3) is 4.62. The molecule has 0 radical (unpaired) electrons. The van der Waals surface area contributed by atoms with Crippen LogP contribution in [0.2, 0.25) is 0 Å². The summed E-state index contributed by atoms with van der Waals surface area (Å²) in [7, 11) is -4.02. The number of rotatable bonds is 5. The van der Waals surface area contributed by atoms with Gasteiger partial charge in [0.2, 0.25) is 15.9 Å². The summed E-state index contributed by atoms with van der Waals surface area (Å²) >= 11 is 3.27. The van der Waals surface area contributed by atoms with Crippen LogP contribution in [0.1, 0.15) is 11.1 Å². The molecule has 27 heavy (non-hydrogen) atoms. The maximum atomic E-state index is 12.3. The van der Waals surface area contributed by atoms with Crippen molar-refractivity contribution in [2.45, 2.75) is 18.2 Å². The van der Waals surface area contributed by atoms with Gasteiger partial charge in [-0.25, -0.2) is 18.2 Å². The van der Waals surface area contributed by atoms with Crippen molar-refractivity contribution in [1.82, 2.24) is 9.78 Å². The van der Waals surface area contributed by atoms with E-state index in [2.05, 4.69) is 26.3 Å². The van der Waals surface area contributed by atoms with Gasteiger partial charge in [-0.2, -0.15) is 5.10 Å². The first-order chi connectivity index (χ1) is 12.7. The summed E-state index contributed by atoms with van der Waals surface area (Å²) in [5.74, 6) is -0.251. The molecule has 9 heteroatoms. The lowest BCUT2D eigenvalue weighted by Crippen LogP contribution is -2.18. The summed E-state index contributed by atoms with van der Waals surface area (Å²) in [4.78, 5) is 12.2. The van der Waals surface area contributed by atoms with E-state index in [9.17, 15) is 13.2 Å². The fourth-order valence-corrected chi connectivity index (χ4v) is 3.66. The number of anilines is 1. The van der Waals surface area contributed by atoms with Gasteiger partial charge in [-0.15, -0.1) is 0 Å². The minimum absolute atomic E-state index is 0.133. The van der Waals surface area contributed by atoms with Gasteiger partial charge in [0.05, 0.1) is 22.8 Å². The van der Waals surface area contributed by atoms with Gasteiger partial charge in [0, 0.05) is 11.9 Å². The van der Waals surface area contributed by atoms with E-state index in [-0.39, 0.29) is 17.2 Å². The van der Waals surface area contributed by atoms with E-state index >= 15 is 0 Å². The highest BCUT2D eigenvalue weighted by Gasteiger charge is 2.18. The van der Waals surface area contributed by atoms with Gasteiger partial charge < -0.3 is 5.32 Å². The summed E-state index contributed by atoms with van der Waals surface area (Å²) in [6.07, 6.45) is 3.33. The Labute approximate surface area is 165 Å². The Morgan fingerprint density at radius 1 is 1.26 bits per heavy atom. The molecule has 0 unspecified atom stereocenters. The Balaban J connectivity index is 1.89. The molecule has 0 saturated carbocycles. The molecule has 0 fully saturated rings. The highest BCUT2D eigenvalue weighted by molar-refractivity contribution is 9.10. The number of primary sulfonamides is 1. The minimum atomic E-state index is -4.02. The average Bonchev–Trinajstić information content (AvgIpc) is 3.02. The number of halogens is 1. The van der Waals surface area contributed by atoms with Crippen LogP contribution >= 0.6 is 15.9 Å². The highest BCUT2D eigenvalue weighted by Crippen LogP contribution is 2.24. The molecule has 140 valence electrons. The maximum Gasteiger partial charge on any atom is 0.240 e. The molecular weight excluding hydrogens is 432 g/mol. The molecule has 0 aliphatic heterocycles. The zero-order chi connectivity index (χ0) is 19.6. The molecule has 3 N–H and O–H groups in total. The number of hydrogen-bond acceptors (Lipinski definition) is 4. The molecule has 0 aliphatic rings. The van der Waals surface area contributed by atoms with Crippen molar-refractivity contribution in [1.29, 1.82) is 0 Å². The molecule has 0 bridgehead atoms. The van der Waals surface area contributed by atoms with E-state index in [0.29, 0.717) is 15.8 Å². The Hall–Kier alpha value is -2.49. The lowest BCUT2D eigenvalue weighted by atomic mass is 10.1. The predicted octanol–water partition coefficient (Wildman–Crippen LogP) is 2.77. The fourth-order valence-electron chi connectivity index (χ4n) is 2.63. The van der Waals surface area contributed by atoms with E-state index < -0.39 is 10.0 Å². The van der Waals surface area contributed by atoms with E-state index in [1.165, 1.54) is 16.9 Å². The van der Waals surface area contributed by atoms with Crippen molar-refractivity contribution in [3.05, 3.63) is 70.5 Å². The molecule has 0 saturated heterocycles. The van der Waals surface area contributed by atoms with Crippen LogP contribution in [-0.2, 0) is 21.2 Å². The van der Waals surface area contributed by atoms with Crippen LogP contribution in [0.5, 0.6) is 0 Å². The van der Waals surface area contributed by atoms with Crippen LogP contribution in [-0.4, -0.2) is 24.1 Å². The fraction of sp³-hybridized carbons (Fsp3) is 0.111. The van der Waals surface area contributed by atoms with Gasteiger partial charge >= 0.3 is 0 Å². The molecule has 1 aromatic heterocycles. The topological polar surface area (TPSA) is 107 Å². The third-order valence-electron chi connectivity index (χ3n) is 3.96. The number of amides is 1. The Kier molecular flexibility index (Phi) is 5.45. The highest BCUT2D eigenvalue weighted by atomic mass is 79.9. The summed E-state index contributed by atoms with van der Waals surface area (Å²) in [5, 5.41) is 12.1. The predicted molar refractivity (Wildman–Crippen MR) is 106 cm³/mol. The maximum absolute atomic E-state index is 12.3. The van der Waals surface area contributed by atoms with Crippen molar-refractivity contribution >= 4 is 37.5 Å². The standard InChI is InChI=1S/C18H17BrN4O3S/c1-12-4-2-3-5-13(12)8-18(24)22-15-6-7-16(17(9-15)27(20,25)26)23-11-14(19)10-21-23/h2-7,9-11H,8H2,1H3,(H,22,24)(H2,20,25,26). The normalized spacial score (nSPS) is 11.4. The molecular formula is C18H17BrN4O3S. The number of benzene rings is 2.